The molecular weight excluding hydrogens is 520 g/mol. The lowest BCUT2D eigenvalue weighted by Crippen LogP contribution is -2.53. The Morgan fingerprint density at radius 3 is 2.40 bits per heavy atom. The molecule has 0 atom stereocenters. The molecule has 0 bridgehead atoms. The lowest BCUT2D eigenvalue weighted by molar-refractivity contribution is -0.130. The SMILES string of the molecule is CCCOc1ccc(CN2C(=O)NC(=O)/C(=C\c3cc(Br)c(OC)c(OC)c3)C2=O)cc1OCC. The van der Waals surface area contributed by atoms with Crippen LogP contribution in [0.4, 0.5) is 4.79 Å². The summed E-state index contributed by atoms with van der Waals surface area (Å²) < 4.78 is 22.6. The molecule has 0 spiro atoms. The van der Waals surface area contributed by atoms with Crippen LogP contribution >= 0.6 is 15.9 Å². The number of hydrogen-bond donors (Lipinski definition) is 1. The summed E-state index contributed by atoms with van der Waals surface area (Å²) in [5, 5.41) is 2.23. The number of nitrogens with one attached hydrogen (secondary N) is 1. The topological polar surface area (TPSA) is 103 Å². The zero-order valence-electron chi connectivity index (χ0n) is 20.0. The smallest absolute Gasteiger partial charge is 0.331 e. The normalized spacial score (nSPS) is 14.7. The molecule has 3 rings (SSSR count). The molecule has 1 aliphatic heterocycles. The van der Waals surface area contributed by atoms with Crippen LogP contribution in [0.15, 0.2) is 40.4 Å². The first-order valence-corrected chi connectivity index (χ1v) is 11.8. The monoisotopic (exact) mass is 546 g/mol. The van der Waals surface area contributed by atoms with E-state index < -0.39 is 17.8 Å². The van der Waals surface area contributed by atoms with Gasteiger partial charge in [-0.05, 0) is 70.7 Å². The van der Waals surface area contributed by atoms with Gasteiger partial charge in [-0.15, -0.1) is 0 Å². The van der Waals surface area contributed by atoms with E-state index in [9.17, 15) is 14.4 Å². The van der Waals surface area contributed by atoms with Gasteiger partial charge in [0.25, 0.3) is 11.8 Å². The number of urea groups is 1. The highest BCUT2D eigenvalue weighted by Crippen LogP contribution is 2.37. The number of barbiturate groups is 1. The summed E-state index contributed by atoms with van der Waals surface area (Å²) in [5.74, 6) is 0.503. The zero-order valence-corrected chi connectivity index (χ0v) is 21.6. The van der Waals surface area contributed by atoms with Gasteiger partial charge in [0.2, 0.25) is 0 Å². The standard InChI is InChI=1S/C25H27BrN2O7/c1-5-9-35-19-8-7-15(12-20(19)34-6-2)14-28-24(30)17(23(29)27-25(28)31)10-16-11-18(26)22(33-4)21(13-16)32-3/h7-8,10-13H,5-6,9,14H2,1-4H3,(H,27,29,31)/b17-10+. The second kappa shape index (κ2) is 11.7. The molecule has 0 saturated carbocycles. The highest BCUT2D eigenvalue weighted by Gasteiger charge is 2.36. The van der Waals surface area contributed by atoms with Crippen molar-refractivity contribution in [2.24, 2.45) is 0 Å². The van der Waals surface area contributed by atoms with Crippen LogP contribution in [-0.4, -0.2) is 50.2 Å². The number of ether oxygens (including phenoxy) is 4. The predicted molar refractivity (Wildman–Crippen MR) is 133 cm³/mol. The number of halogens is 1. The van der Waals surface area contributed by atoms with Crippen LogP contribution in [0.3, 0.4) is 0 Å². The summed E-state index contributed by atoms with van der Waals surface area (Å²) >= 11 is 3.39. The van der Waals surface area contributed by atoms with E-state index in [0.717, 1.165) is 11.3 Å². The molecule has 1 saturated heterocycles. The van der Waals surface area contributed by atoms with E-state index in [-0.39, 0.29) is 12.1 Å². The third-order valence-electron chi connectivity index (χ3n) is 5.06. The molecule has 0 aliphatic carbocycles. The Hall–Kier alpha value is -3.53. The molecule has 186 valence electrons. The van der Waals surface area contributed by atoms with Gasteiger partial charge in [0, 0.05) is 0 Å². The van der Waals surface area contributed by atoms with E-state index in [2.05, 4.69) is 21.2 Å². The van der Waals surface area contributed by atoms with Crippen LogP contribution in [0, 0.1) is 0 Å². The van der Waals surface area contributed by atoms with Crippen molar-refractivity contribution in [3.63, 3.8) is 0 Å². The minimum Gasteiger partial charge on any atom is -0.493 e. The van der Waals surface area contributed by atoms with Crippen LogP contribution in [0.2, 0.25) is 0 Å². The summed E-state index contributed by atoms with van der Waals surface area (Å²) in [5.41, 5.74) is 0.971. The van der Waals surface area contributed by atoms with Crippen molar-refractivity contribution in [2.75, 3.05) is 27.4 Å². The van der Waals surface area contributed by atoms with E-state index in [1.54, 1.807) is 30.3 Å². The molecule has 0 aromatic heterocycles. The van der Waals surface area contributed by atoms with Crippen molar-refractivity contribution in [2.45, 2.75) is 26.8 Å². The molecule has 0 unspecified atom stereocenters. The highest BCUT2D eigenvalue weighted by molar-refractivity contribution is 9.10. The molecule has 1 heterocycles. The highest BCUT2D eigenvalue weighted by atomic mass is 79.9. The summed E-state index contributed by atoms with van der Waals surface area (Å²) in [7, 11) is 2.98. The fourth-order valence-electron chi connectivity index (χ4n) is 3.46. The second-order valence-electron chi connectivity index (χ2n) is 7.51. The van der Waals surface area contributed by atoms with Crippen molar-refractivity contribution in [3.8, 4) is 23.0 Å². The third kappa shape index (κ3) is 5.94. The van der Waals surface area contributed by atoms with Gasteiger partial charge in [0.15, 0.2) is 23.0 Å². The van der Waals surface area contributed by atoms with Crippen molar-refractivity contribution < 1.29 is 33.3 Å². The second-order valence-corrected chi connectivity index (χ2v) is 8.36. The summed E-state index contributed by atoms with van der Waals surface area (Å²) in [6.07, 6.45) is 2.24. The number of nitrogens with zero attached hydrogens (tertiary/aromatic N) is 1. The number of hydrogen-bond acceptors (Lipinski definition) is 7. The zero-order chi connectivity index (χ0) is 25.5. The summed E-state index contributed by atoms with van der Waals surface area (Å²) in [6.45, 7) is 4.76. The molecule has 2 aromatic carbocycles. The Morgan fingerprint density at radius 1 is 0.971 bits per heavy atom. The van der Waals surface area contributed by atoms with Crippen molar-refractivity contribution in [1.29, 1.82) is 0 Å². The number of rotatable bonds is 10. The number of imide groups is 2. The number of amides is 4. The fourth-order valence-corrected chi connectivity index (χ4v) is 4.08. The molecule has 35 heavy (non-hydrogen) atoms. The summed E-state index contributed by atoms with van der Waals surface area (Å²) in [4.78, 5) is 39.2. The van der Waals surface area contributed by atoms with E-state index >= 15 is 0 Å². The quantitative estimate of drug-likeness (QED) is 0.349. The van der Waals surface area contributed by atoms with Crippen LogP contribution in [0.5, 0.6) is 23.0 Å². The molecule has 1 aliphatic rings. The fraction of sp³-hybridized carbons (Fsp3) is 0.320. The Morgan fingerprint density at radius 2 is 1.74 bits per heavy atom. The van der Waals surface area contributed by atoms with Gasteiger partial charge < -0.3 is 18.9 Å². The number of carbonyl (C=O) groups excluding carboxylic acids is 3. The maximum atomic E-state index is 13.2. The lowest BCUT2D eigenvalue weighted by atomic mass is 10.1. The predicted octanol–water partition coefficient (Wildman–Crippen LogP) is 4.32. The minimum atomic E-state index is -0.796. The molecule has 1 fully saturated rings. The Kier molecular flexibility index (Phi) is 8.75. The van der Waals surface area contributed by atoms with Crippen molar-refractivity contribution in [3.05, 3.63) is 51.5 Å². The number of methoxy groups -OCH3 is 2. The van der Waals surface area contributed by atoms with Gasteiger partial charge in [-0.1, -0.05) is 13.0 Å². The van der Waals surface area contributed by atoms with Gasteiger partial charge in [-0.3, -0.25) is 19.8 Å². The van der Waals surface area contributed by atoms with E-state index in [1.165, 1.54) is 20.3 Å². The van der Waals surface area contributed by atoms with Crippen LogP contribution in [-0.2, 0) is 16.1 Å². The number of benzene rings is 2. The maximum absolute atomic E-state index is 13.2. The van der Waals surface area contributed by atoms with E-state index in [0.29, 0.717) is 51.8 Å². The molecule has 4 amide bonds. The molecular formula is C25H27BrN2O7. The van der Waals surface area contributed by atoms with Crippen molar-refractivity contribution >= 4 is 39.9 Å². The first-order chi connectivity index (χ1) is 16.8. The average Bonchev–Trinajstić information content (AvgIpc) is 2.83. The lowest BCUT2D eigenvalue weighted by Gasteiger charge is -2.26. The van der Waals surface area contributed by atoms with Gasteiger partial charge in [-0.2, -0.15) is 0 Å². The molecule has 10 heteroatoms. The Labute approximate surface area is 212 Å². The first-order valence-electron chi connectivity index (χ1n) is 11.0. The summed E-state index contributed by atoms with van der Waals surface area (Å²) in [6, 6.07) is 7.72. The maximum Gasteiger partial charge on any atom is 0.331 e. The first kappa shape index (κ1) is 26.1. The van der Waals surface area contributed by atoms with Crippen LogP contribution in [0.25, 0.3) is 6.08 Å². The Bertz CT molecular complexity index is 1160. The van der Waals surface area contributed by atoms with Crippen LogP contribution < -0.4 is 24.3 Å². The third-order valence-corrected chi connectivity index (χ3v) is 5.65. The molecule has 0 radical (unpaired) electrons. The van der Waals surface area contributed by atoms with Gasteiger partial charge in [-0.25, -0.2) is 4.79 Å². The van der Waals surface area contributed by atoms with Gasteiger partial charge >= 0.3 is 6.03 Å². The largest absolute Gasteiger partial charge is 0.493 e. The van der Waals surface area contributed by atoms with E-state index in [1.807, 2.05) is 13.8 Å². The molecule has 1 N–H and O–H groups in total. The van der Waals surface area contributed by atoms with Crippen molar-refractivity contribution in [1.82, 2.24) is 10.2 Å². The van der Waals surface area contributed by atoms with Gasteiger partial charge in [0.05, 0.1) is 38.5 Å². The Balaban J connectivity index is 1.91. The minimum absolute atomic E-state index is 0.0565. The molecule has 2 aromatic rings. The number of carbonyl (C=O) groups is 3. The van der Waals surface area contributed by atoms with Crippen LogP contribution in [0.1, 0.15) is 31.4 Å². The van der Waals surface area contributed by atoms with E-state index in [4.69, 9.17) is 18.9 Å². The average molecular weight is 547 g/mol. The van der Waals surface area contributed by atoms with Gasteiger partial charge in [0.1, 0.15) is 5.57 Å². The molecule has 9 nitrogen and oxygen atoms in total.